The fourth-order valence-corrected chi connectivity index (χ4v) is 3.67. The van der Waals surface area contributed by atoms with Crippen LogP contribution in [0.25, 0.3) is 0 Å². The number of hydrogen-bond donors (Lipinski definition) is 1. The SMILES string of the molecule is CC(C)(C)c1ccc(Oc2ccc(S(=O)(=O)Nc3ccc(F)cn3)cc2C#N)cc1. The lowest BCUT2D eigenvalue weighted by Crippen LogP contribution is -2.14. The van der Waals surface area contributed by atoms with Gasteiger partial charge in [0, 0.05) is 0 Å². The van der Waals surface area contributed by atoms with Crippen LogP contribution in [0.5, 0.6) is 11.5 Å². The molecule has 1 N–H and O–H groups in total. The average molecular weight is 425 g/mol. The van der Waals surface area contributed by atoms with Crippen LogP contribution >= 0.6 is 0 Å². The van der Waals surface area contributed by atoms with E-state index in [9.17, 15) is 18.1 Å². The highest BCUT2D eigenvalue weighted by Gasteiger charge is 2.18. The number of hydrogen-bond acceptors (Lipinski definition) is 5. The standard InChI is InChI=1S/C22H20FN3O3S/c1-22(2,3)16-4-7-18(8-5-16)29-20-10-9-19(12-15(20)13-24)30(27,28)26-21-11-6-17(23)14-25-21/h4-12,14H,1-3H3,(H,25,26). The minimum atomic E-state index is -4.01. The first-order valence-electron chi connectivity index (χ1n) is 9.05. The second kappa shape index (κ2) is 8.13. The van der Waals surface area contributed by atoms with E-state index in [1.165, 1.54) is 24.3 Å². The van der Waals surface area contributed by atoms with E-state index in [4.69, 9.17) is 4.74 Å². The summed E-state index contributed by atoms with van der Waals surface area (Å²) in [5, 5.41) is 9.46. The quantitative estimate of drug-likeness (QED) is 0.622. The maximum atomic E-state index is 13.0. The zero-order valence-corrected chi connectivity index (χ0v) is 17.5. The van der Waals surface area contributed by atoms with Crippen molar-refractivity contribution >= 4 is 15.8 Å². The van der Waals surface area contributed by atoms with E-state index in [1.54, 1.807) is 12.1 Å². The number of nitriles is 1. The lowest BCUT2D eigenvalue weighted by atomic mass is 9.87. The Labute approximate surface area is 175 Å². The van der Waals surface area contributed by atoms with Crippen LogP contribution in [0, 0.1) is 17.1 Å². The third-order valence-electron chi connectivity index (χ3n) is 4.30. The van der Waals surface area contributed by atoms with Crippen molar-refractivity contribution in [2.75, 3.05) is 4.72 Å². The van der Waals surface area contributed by atoms with E-state index in [-0.39, 0.29) is 27.4 Å². The zero-order valence-electron chi connectivity index (χ0n) is 16.7. The van der Waals surface area contributed by atoms with Crippen molar-refractivity contribution in [2.45, 2.75) is 31.1 Å². The Morgan fingerprint density at radius 2 is 1.77 bits per heavy atom. The van der Waals surface area contributed by atoms with Crippen LogP contribution in [-0.2, 0) is 15.4 Å². The molecule has 0 atom stereocenters. The highest BCUT2D eigenvalue weighted by atomic mass is 32.2. The zero-order chi connectivity index (χ0) is 21.9. The number of ether oxygens (including phenoxy) is 1. The van der Waals surface area contributed by atoms with Crippen LogP contribution in [0.4, 0.5) is 10.2 Å². The van der Waals surface area contributed by atoms with Crippen molar-refractivity contribution < 1.29 is 17.5 Å². The summed E-state index contributed by atoms with van der Waals surface area (Å²) in [5.41, 5.74) is 1.20. The Morgan fingerprint density at radius 1 is 1.07 bits per heavy atom. The largest absolute Gasteiger partial charge is 0.456 e. The predicted octanol–water partition coefficient (Wildman–Crippen LogP) is 4.98. The smallest absolute Gasteiger partial charge is 0.263 e. The van der Waals surface area contributed by atoms with Crippen LogP contribution in [0.1, 0.15) is 31.9 Å². The van der Waals surface area contributed by atoms with Gasteiger partial charge in [-0.2, -0.15) is 5.26 Å². The van der Waals surface area contributed by atoms with E-state index in [1.807, 2.05) is 18.2 Å². The number of anilines is 1. The van der Waals surface area contributed by atoms with Crippen LogP contribution in [0.15, 0.2) is 65.7 Å². The molecular weight excluding hydrogens is 405 g/mol. The second-order valence-electron chi connectivity index (χ2n) is 7.61. The molecule has 1 heterocycles. The van der Waals surface area contributed by atoms with Crippen molar-refractivity contribution in [1.29, 1.82) is 5.26 Å². The summed E-state index contributed by atoms with van der Waals surface area (Å²) in [6, 6.07) is 15.7. The van der Waals surface area contributed by atoms with E-state index < -0.39 is 15.8 Å². The fraction of sp³-hybridized carbons (Fsp3) is 0.182. The molecule has 8 heteroatoms. The predicted molar refractivity (Wildman–Crippen MR) is 111 cm³/mol. The molecule has 0 unspecified atom stereocenters. The second-order valence-corrected chi connectivity index (χ2v) is 9.30. The minimum Gasteiger partial charge on any atom is -0.456 e. The third-order valence-corrected chi connectivity index (χ3v) is 5.65. The van der Waals surface area contributed by atoms with Gasteiger partial charge in [0.15, 0.2) is 0 Å². The van der Waals surface area contributed by atoms with Gasteiger partial charge < -0.3 is 4.74 Å². The summed E-state index contributed by atoms with van der Waals surface area (Å²) < 4.78 is 46.1. The highest BCUT2D eigenvalue weighted by Crippen LogP contribution is 2.30. The summed E-state index contributed by atoms with van der Waals surface area (Å²) in [4.78, 5) is 3.54. The van der Waals surface area contributed by atoms with Gasteiger partial charge in [-0.25, -0.2) is 17.8 Å². The molecule has 0 fully saturated rings. The Balaban J connectivity index is 1.84. The molecule has 30 heavy (non-hydrogen) atoms. The molecule has 3 aromatic rings. The molecule has 0 radical (unpaired) electrons. The summed E-state index contributed by atoms with van der Waals surface area (Å²) in [5.74, 6) is 0.152. The average Bonchev–Trinajstić information content (AvgIpc) is 2.69. The van der Waals surface area contributed by atoms with Crippen molar-refractivity contribution in [3.8, 4) is 17.6 Å². The number of nitrogens with one attached hydrogen (secondary N) is 1. The van der Waals surface area contributed by atoms with Gasteiger partial charge in [-0.3, -0.25) is 4.72 Å². The Bertz CT molecular complexity index is 1190. The third kappa shape index (κ3) is 4.93. The summed E-state index contributed by atoms with van der Waals surface area (Å²) in [6.07, 6.45) is 0.903. The van der Waals surface area contributed by atoms with E-state index in [0.29, 0.717) is 5.75 Å². The van der Waals surface area contributed by atoms with Crippen molar-refractivity contribution in [3.05, 3.63) is 77.7 Å². The molecule has 0 amide bonds. The van der Waals surface area contributed by atoms with E-state index >= 15 is 0 Å². The van der Waals surface area contributed by atoms with Crippen LogP contribution < -0.4 is 9.46 Å². The minimum absolute atomic E-state index is 0.00126. The number of aromatic nitrogens is 1. The molecule has 154 valence electrons. The first kappa shape index (κ1) is 21.3. The normalized spacial score (nSPS) is 11.6. The molecule has 0 bridgehead atoms. The number of benzene rings is 2. The molecule has 0 spiro atoms. The number of pyridine rings is 1. The van der Waals surface area contributed by atoms with Crippen molar-refractivity contribution in [1.82, 2.24) is 4.98 Å². The van der Waals surface area contributed by atoms with Crippen LogP contribution in [-0.4, -0.2) is 13.4 Å². The number of nitrogens with zero attached hydrogens (tertiary/aromatic N) is 2. The van der Waals surface area contributed by atoms with Gasteiger partial charge in [0.2, 0.25) is 0 Å². The molecule has 0 aliphatic rings. The molecule has 2 aromatic carbocycles. The number of sulfonamides is 1. The van der Waals surface area contributed by atoms with Gasteiger partial charge in [0.05, 0.1) is 16.7 Å². The molecule has 3 rings (SSSR count). The van der Waals surface area contributed by atoms with Gasteiger partial charge in [-0.15, -0.1) is 0 Å². The van der Waals surface area contributed by atoms with Crippen LogP contribution in [0.3, 0.4) is 0 Å². The van der Waals surface area contributed by atoms with Crippen molar-refractivity contribution in [2.24, 2.45) is 0 Å². The van der Waals surface area contributed by atoms with Crippen molar-refractivity contribution in [3.63, 3.8) is 0 Å². The van der Waals surface area contributed by atoms with Gasteiger partial charge in [0.25, 0.3) is 10.0 Å². The maximum Gasteiger partial charge on any atom is 0.263 e. The van der Waals surface area contributed by atoms with Gasteiger partial charge in [0.1, 0.15) is 29.2 Å². The number of rotatable bonds is 5. The molecule has 0 aliphatic carbocycles. The van der Waals surface area contributed by atoms with E-state index in [0.717, 1.165) is 17.8 Å². The fourth-order valence-electron chi connectivity index (χ4n) is 2.64. The molecule has 1 aromatic heterocycles. The summed E-state index contributed by atoms with van der Waals surface area (Å²) in [6.45, 7) is 6.31. The van der Waals surface area contributed by atoms with Crippen LogP contribution in [0.2, 0.25) is 0 Å². The lowest BCUT2D eigenvalue weighted by Gasteiger charge is -2.19. The van der Waals surface area contributed by atoms with Gasteiger partial charge >= 0.3 is 0 Å². The monoisotopic (exact) mass is 425 g/mol. The summed E-state index contributed by atoms with van der Waals surface area (Å²) >= 11 is 0. The number of halogens is 1. The topological polar surface area (TPSA) is 92.1 Å². The maximum absolute atomic E-state index is 13.0. The first-order chi connectivity index (χ1) is 14.1. The van der Waals surface area contributed by atoms with Gasteiger partial charge in [-0.1, -0.05) is 32.9 Å². The molecular formula is C22H20FN3O3S. The molecule has 0 saturated heterocycles. The first-order valence-corrected chi connectivity index (χ1v) is 10.5. The highest BCUT2D eigenvalue weighted by molar-refractivity contribution is 7.92. The molecule has 0 aliphatic heterocycles. The summed E-state index contributed by atoms with van der Waals surface area (Å²) in [7, 11) is -4.01. The Morgan fingerprint density at radius 3 is 2.33 bits per heavy atom. The molecule has 0 saturated carbocycles. The van der Waals surface area contributed by atoms with Gasteiger partial charge in [-0.05, 0) is 53.4 Å². The Kier molecular flexibility index (Phi) is 5.76. The Hall–Kier alpha value is -3.44. The van der Waals surface area contributed by atoms with E-state index in [2.05, 4.69) is 30.5 Å². The lowest BCUT2D eigenvalue weighted by molar-refractivity contribution is 0.479. The molecule has 6 nitrogen and oxygen atoms in total.